The van der Waals surface area contributed by atoms with Crippen LogP contribution in [0.25, 0.3) is 10.7 Å². The highest BCUT2D eigenvalue weighted by atomic mass is 32.1. The van der Waals surface area contributed by atoms with Crippen molar-refractivity contribution in [3.8, 4) is 10.7 Å². The minimum atomic E-state index is -0.0776. The first-order chi connectivity index (χ1) is 14.1. The lowest BCUT2D eigenvalue weighted by Crippen LogP contribution is -2.48. The van der Waals surface area contributed by atoms with Crippen molar-refractivity contribution < 1.29 is 14.1 Å². The van der Waals surface area contributed by atoms with Crippen LogP contribution in [0.5, 0.6) is 0 Å². The molecule has 1 N–H and O–H groups in total. The second-order valence-corrected chi connectivity index (χ2v) is 8.85. The Hall–Kier alpha value is -2.56. The normalized spacial score (nSPS) is 14.9. The van der Waals surface area contributed by atoms with Crippen molar-refractivity contribution in [1.82, 2.24) is 25.3 Å². The minimum absolute atomic E-state index is 0.0431. The summed E-state index contributed by atoms with van der Waals surface area (Å²) in [7, 11) is 0. The van der Waals surface area contributed by atoms with E-state index in [1.807, 2.05) is 34.5 Å². The third-order valence-corrected chi connectivity index (χ3v) is 6.55. The predicted molar refractivity (Wildman–Crippen MR) is 111 cm³/mol. The van der Waals surface area contributed by atoms with E-state index in [0.29, 0.717) is 42.8 Å². The van der Waals surface area contributed by atoms with Gasteiger partial charge in [-0.3, -0.25) is 14.5 Å². The second-order valence-electron chi connectivity index (χ2n) is 6.73. The topological polar surface area (TPSA) is 91.6 Å². The summed E-state index contributed by atoms with van der Waals surface area (Å²) < 4.78 is 5.37. The Bertz CT molecular complexity index is 974. The Morgan fingerprint density at radius 2 is 2.03 bits per heavy atom. The average molecular weight is 432 g/mol. The fourth-order valence-electron chi connectivity index (χ4n) is 3.08. The molecule has 0 atom stereocenters. The maximum atomic E-state index is 12.7. The number of thiophene rings is 2. The van der Waals surface area contributed by atoms with Crippen LogP contribution >= 0.6 is 22.7 Å². The van der Waals surface area contributed by atoms with E-state index in [4.69, 9.17) is 4.52 Å². The zero-order chi connectivity index (χ0) is 20.2. The van der Waals surface area contributed by atoms with Gasteiger partial charge in [0, 0.05) is 38.0 Å². The van der Waals surface area contributed by atoms with Crippen LogP contribution < -0.4 is 5.32 Å². The molecule has 0 unspecified atom stereocenters. The van der Waals surface area contributed by atoms with Crippen LogP contribution in [0.3, 0.4) is 0 Å². The van der Waals surface area contributed by atoms with Gasteiger partial charge in [-0.05, 0) is 23.6 Å². The lowest BCUT2D eigenvalue weighted by molar-refractivity contribution is -0.119. The summed E-state index contributed by atoms with van der Waals surface area (Å²) in [6.45, 7) is 5.35. The summed E-state index contributed by atoms with van der Waals surface area (Å²) in [6, 6.07) is 7.66. The Morgan fingerprint density at radius 1 is 1.21 bits per heavy atom. The zero-order valence-corrected chi connectivity index (χ0v) is 17.6. The smallest absolute Gasteiger partial charge is 0.264 e. The molecular formula is C19H21N5O3S2. The highest BCUT2D eigenvalue weighted by Crippen LogP contribution is 2.22. The molecule has 3 aromatic heterocycles. The van der Waals surface area contributed by atoms with Crippen molar-refractivity contribution in [2.24, 2.45) is 0 Å². The average Bonchev–Trinajstić information content (AvgIpc) is 3.47. The van der Waals surface area contributed by atoms with Gasteiger partial charge >= 0.3 is 0 Å². The number of aromatic nitrogens is 2. The zero-order valence-electron chi connectivity index (χ0n) is 16.0. The minimum Gasteiger partial charge on any atom is -0.351 e. The van der Waals surface area contributed by atoms with Gasteiger partial charge < -0.3 is 14.7 Å². The molecule has 0 spiro atoms. The Balaban J connectivity index is 1.28. The third kappa shape index (κ3) is 4.89. The third-order valence-electron chi connectivity index (χ3n) is 4.61. The summed E-state index contributed by atoms with van der Waals surface area (Å²) in [5.41, 5.74) is 0. The van der Waals surface area contributed by atoms with Crippen molar-refractivity contribution in [1.29, 1.82) is 0 Å². The summed E-state index contributed by atoms with van der Waals surface area (Å²) in [5.74, 6) is 1.18. The van der Waals surface area contributed by atoms with Crippen LogP contribution in [0.2, 0.25) is 0 Å². The molecule has 3 aromatic rings. The van der Waals surface area contributed by atoms with Crippen molar-refractivity contribution in [2.75, 3.05) is 26.2 Å². The van der Waals surface area contributed by atoms with Crippen LogP contribution in [0, 0.1) is 0 Å². The standard InChI is InChI=1S/C19H21N5O3S2/c1-13(25)20-11-14-4-5-16(29-14)19(26)24-8-6-23(7-9-24)12-17-21-18(22-27-17)15-3-2-10-28-15/h2-5,10H,6-9,11-12H2,1H3,(H,20,25). The van der Waals surface area contributed by atoms with E-state index in [1.54, 1.807) is 11.3 Å². The molecule has 10 heteroatoms. The van der Waals surface area contributed by atoms with Crippen LogP contribution in [-0.2, 0) is 17.9 Å². The monoisotopic (exact) mass is 431 g/mol. The summed E-state index contributed by atoms with van der Waals surface area (Å²) in [5, 5.41) is 8.78. The lowest BCUT2D eigenvalue weighted by atomic mass is 10.3. The molecule has 29 heavy (non-hydrogen) atoms. The highest BCUT2D eigenvalue weighted by Gasteiger charge is 2.24. The Morgan fingerprint density at radius 3 is 2.76 bits per heavy atom. The number of nitrogens with one attached hydrogen (secondary N) is 1. The number of nitrogens with zero attached hydrogens (tertiary/aromatic N) is 4. The van der Waals surface area contributed by atoms with Crippen molar-refractivity contribution in [3.05, 3.63) is 45.3 Å². The molecule has 8 nitrogen and oxygen atoms in total. The number of rotatable bonds is 6. The fraction of sp³-hybridized carbons (Fsp3) is 0.368. The van der Waals surface area contributed by atoms with E-state index < -0.39 is 0 Å². The van der Waals surface area contributed by atoms with Crippen LogP contribution in [0.15, 0.2) is 34.2 Å². The molecule has 0 aliphatic carbocycles. The van der Waals surface area contributed by atoms with Gasteiger partial charge in [-0.25, -0.2) is 0 Å². The van der Waals surface area contributed by atoms with Gasteiger partial charge in [0.15, 0.2) is 0 Å². The molecule has 4 rings (SSSR count). The molecule has 152 valence electrons. The van der Waals surface area contributed by atoms with Crippen molar-refractivity contribution >= 4 is 34.5 Å². The van der Waals surface area contributed by atoms with Crippen molar-refractivity contribution in [3.63, 3.8) is 0 Å². The van der Waals surface area contributed by atoms with E-state index in [0.717, 1.165) is 22.8 Å². The quantitative estimate of drug-likeness (QED) is 0.645. The molecule has 1 aliphatic rings. The van der Waals surface area contributed by atoms with Gasteiger partial charge in [0.1, 0.15) is 0 Å². The summed E-state index contributed by atoms with van der Waals surface area (Å²) in [6.07, 6.45) is 0. The molecular weight excluding hydrogens is 410 g/mol. The Kier molecular flexibility index (Phi) is 6.02. The van der Waals surface area contributed by atoms with Crippen LogP contribution in [-0.4, -0.2) is 57.9 Å². The first-order valence-corrected chi connectivity index (χ1v) is 11.0. The molecule has 1 saturated heterocycles. The number of carbonyl (C=O) groups is 2. The highest BCUT2D eigenvalue weighted by molar-refractivity contribution is 7.14. The first kappa shape index (κ1) is 19.7. The van der Waals surface area contributed by atoms with Crippen LogP contribution in [0.4, 0.5) is 0 Å². The molecule has 4 heterocycles. The van der Waals surface area contributed by atoms with Gasteiger partial charge in [0.25, 0.3) is 5.91 Å². The molecule has 1 fully saturated rings. The van der Waals surface area contributed by atoms with Crippen LogP contribution in [0.1, 0.15) is 27.4 Å². The molecule has 1 aliphatic heterocycles. The number of hydrogen-bond donors (Lipinski definition) is 1. The number of amides is 2. The lowest BCUT2D eigenvalue weighted by Gasteiger charge is -2.33. The van der Waals surface area contributed by atoms with Gasteiger partial charge in [0.05, 0.1) is 22.8 Å². The molecule has 0 aromatic carbocycles. The maximum absolute atomic E-state index is 12.7. The second kappa shape index (κ2) is 8.85. The van der Waals surface area contributed by atoms with Gasteiger partial charge in [-0.15, -0.1) is 22.7 Å². The first-order valence-electron chi connectivity index (χ1n) is 9.30. The molecule has 2 amide bonds. The predicted octanol–water partition coefficient (Wildman–Crippen LogP) is 2.45. The number of carbonyl (C=O) groups excluding carboxylic acids is 2. The summed E-state index contributed by atoms with van der Waals surface area (Å²) in [4.78, 5) is 35.0. The van der Waals surface area contributed by atoms with E-state index in [-0.39, 0.29) is 11.8 Å². The van der Waals surface area contributed by atoms with Gasteiger partial charge in [-0.2, -0.15) is 4.98 Å². The molecule has 0 saturated carbocycles. The molecule has 0 radical (unpaired) electrons. The molecule has 0 bridgehead atoms. The van der Waals surface area contributed by atoms with Crippen molar-refractivity contribution in [2.45, 2.75) is 20.0 Å². The fourth-order valence-corrected chi connectivity index (χ4v) is 4.65. The Labute approximate surface area is 176 Å². The SMILES string of the molecule is CC(=O)NCc1ccc(C(=O)N2CCN(Cc3nc(-c4cccs4)no3)CC2)s1. The summed E-state index contributed by atoms with van der Waals surface area (Å²) >= 11 is 3.01. The number of piperazine rings is 1. The number of hydrogen-bond acceptors (Lipinski definition) is 8. The van der Waals surface area contributed by atoms with E-state index in [9.17, 15) is 9.59 Å². The van der Waals surface area contributed by atoms with Gasteiger partial charge in [-0.1, -0.05) is 11.2 Å². The van der Waals surface area contributed by atoms with Gasteiger partial charge in [0.2, 0.25) is 17.6 Å². The largest absolute Gasteiger partial charge is 0.351 e. The van der Waals surface area contributed by atoms with E-state index in [1.165, 1.54) is 18.3 Å². The van der Waals surface area contributed by atoms with E-state index in [2.05, 4.69) is 20.4 Å². The maximum Gasteiger partial charge on any atom is 0.264 e. The van der Waals surface area contributed by atoms with E-state index >= 15 is 0 Å².